The molecular weight excluding hydrogens is 450 g/mol. The van der Waals surface area contributed by atoms with Crippen molar-refractivity contribution in [2.75, 3.05) is 14.2 Å². The van der Waals surface area contributed by atoms with E-state index in [1.807, 2.05) is 12.1 Å². The summed E-state index contributed by atoms with van der Waals surface area (Å²) in [6, 6.07) is 13.5. The monoisotopic (exact) mass is 473 g/mol. The molecule has 0 saturated heterocycles. The van der Waals surface area contributed by atoms with Gasteiger partial charge in [-0.2, -0.15) is 0 Å². The first kappa shape index (κ1) is 20.2. The van der Waals surface area contributed by atoms with Crippen molar-refractivity contribution < 1.29 is 23.9 Å². The molecule has 0 heterocycles. The van der Waals surface area contributed by atoms with Crippen LogP contribution in [0.25, 0.3) is 10.8 Å². The molecule has 2 aromatic carbocycles. The van der Waals surface area contributed by atoms with E-state index < -0.39 is 38.9 Å². The first-order valence-corrected chi connectivity index (χ1v) is 10.9. The molecular formula is C19H21NO5Te. The SMILES string of the molecule is COC(=O)C[C@H](NC(=O)CC[Te]c1ccc2ccccc2c1)C(=O)OC. The molecule has 26 heavy (non-hydrogen) atoms. The fourth-order valence-electron chi connectivity index (χ4n) is 2.37. The van der Waals surface area contributed by atoms with E-state index in [4.69, 9.17) is 0 Å². The molecule has 2 rings (SSSR count). The van der Waals surface area contributed by atoms with Crippen molar-refractivity contribution in [3.63, 3.8) is 0 Å². The van der Waals surface area contributed by atoms with E-state index in [1.54, 1.807) is 0 Å². The van der Waals surface area contributed by atoms with Gasteiger partial charge in [-0.1, -0.05) is 0 Å². The van der Waals surface area contributed by atoms with E-state index in [9.17, 15) is 14.4 Å². The molecule has 0 saturated carbocycles. The molecule has 0 unspecified atom stereocenters. The minimum absolute atomic E-state index is 0.240. The van der Waals surface area contributed by atoms with Gasteiger partial charge in [0.05, 0.1) is 0 Å². The van der Waals surface area contributed by atoms with E-state index in [-0.39, 0.29) is 12.3 Å². The van der Waals surface area contributed by atoms with E-state index >= 15 is 0 Å². The Morgan fingerprint density at radius 2 is 1.77 bits per heavy atom. The molecule has 6 nitrogen and oxygen atoms in total. The number of esters is 2. The fraction of sp³-hybridized carbons (Fsp3) is 0.316. The molecule has 2 aromatic rings. The number of fused-ring (bicyclic) bond motifs is 1. The van der Waals surface area contributed by atoms with Crippen molar-refractivity contribution in [2.24, 2.45) is 0 Å². The van der Waals surface area contributed by atoms with Crippen molar-refractivity contribution in [3.8, 4) is 0 Å². The van der Waals surface area contributed by atoms with Crippen LogP contribution in [0.2, 0.25) is 4.47 Å². The summed E-state index contributed by atoms with van der Waals surface area (Å²) in [6.45, 7) is 0. The Bertz CT molecular complexity index is 792. The number of amides is 1. The molecule has 138 valence electrons. The second-order valence-electron chi connectivity index (χ2n) is 5.53. The number of rotatable bonds is 8. The Morgan fingerprint density at radius 1 is 1.04 bits per heavy atom. The molecule has 1 amide bonds. The van der Waals surface area contributed by atoms with E-state index in [2.05, 4.69) is 45.1 Å². The van der Waals surface area contributed by atoms with Gasteiger partial charge in [0.1, 0.15) is 0 Å². The van der Waals surface area contributed by atoms with Gasteiger partial charge < -0.3 is 0 Å². The maximum atomic E-state index is 12.1. The minimum atomic E-state index is -1.01. The molecule has 0 bridgehead atoms. The van der Waals surface area contributed by atoms with Crippen LogP contribution in [0.15, 0.2) is 42.5 Å². The zero-order valence-electron chi connectivity index (χ0n) is 14.7. The third-order valence-corrected chi connectivity index (χ3v) is 6.58. The average Bonchev–Trinajstić information content (AvgIpc) is 2.66. The van der Waals surface area contributed by atoms with Gasteiger partial charge in [-0.15, -0.1) is 0 Å². The molecule has 7 heteroatoms. The number of ether oxygens (including phenoxy) is 2. The summed E-state index contributed by atoms with van der Waals surface area (Å²) in [5, 5.41) is 4.95. The van der Waals surface area contributed by atoms with Crippen LogP contribution in [-0.4, -0.2) is 59.0 Å². The molecule has 0 aliphatic carbocycles. The van der Waals surface area contributed by atoms with E-state index in [0.29, 0.717) is 6.42 Å². The van der Waals surface area contributed by atoms with Gasteiger partial charge in [0.15, 0.2) is 0 Å². The van der Waals surface area contributed by atoms with Crippen LogP contribution >= 0.6 is 0 Å². The van der Waals surface area contributed by atoms with Gasteiger partial charge in [-0.05, 0) is 0 Å². The van der Waals surface area contributed by atoms with Crippen molar-refractivity contribution in [2.45, 2.75) is 23.4 Å². The van der Waals surface area contributed by atoms with Crippen molar-refractivity contribution >= 4 is 53.2 Å². The number of hydrogen-bond donors (Lipinski definition) is 1. The normalized spacial score (nSPS) is 11.6. The molecule has 0 aromatic heterocycles. The summed E-state index contributed by atoms with van der Waals surface area (Å²) >= 11 is -0.510. The molecule has 0 spiro atoms. The Kier molecular flexibility index (Phi) is 7.89. The predicted octanol–water partition coefficient (Wildman–Crippen LogP) is 1.20. The number of carbonyl (C=O) groups excluding carboxylic acids is 3. The van der Waals surface area contributed by atoms with E-state index in [0.717, 1.165) is 4.47 Å². The Hall–Kier alpha value is -2.10. The van der Waals surface area contributed by atoms with Crippen LogP contribution in [0, 0.1) is 0 Å². The summed E-state index contributed by atoms with van der Waals surface area (Å²) in [7, 11) is 2.44. The Morgan fingerprint density at radius 3 is 2.46 bits per heavy atom. The predicted molar refractivity (Wildman–Crippen MR) is 99.3 cm³/mol. The standard InChI is InChI=1S/C19H21NO5Te/c1-24-18(22)12-16(19(23)25-2)20-17(21)9-10-26-15-8-7-13-5-3-4-6-14(13)11-15/h3-8,11,16H,9-10,12H2,1-2H3,(H,20,21)/t16-/m0/s1. The average molecular weight is 471 g/mol. The van der Waals surface area contributed by atoms with Gasteiger partial charge in [0.2, 0.25) is 0 Å². The number of nitrogens with one attached hydrogen (secondary N) is 1. The summed E-state index contributed by atoms with van der Waals surface area (Å²) in [5.41, 5.74) is 0. The van der Waals surface area contributed by atoms with Crippen LogP contribution in [0.5, 0.6) is 0 Å². The quantitative estimate of drug-likeness (QED) is 0.463. The second-order valence-corrected chi connectivity index (χ2v) is 8.87. The van der Waals surface area contributed by atoms with Gasteiger partial charge in [0.25, 0.3) is 0 Å². The number of benzene rings is 2. The fourth-order valence-corrected chi connectivity index (χ4v) is 4.93. The van der Waals surface area contributed by atoms with Crippen LogP contribution in [0.3, 0.4) is 0 Å². The van der Waals surface area contributed by atoms with E-state index in [1.165, 1.54) is 28.6 Å². The van der Waals surface area contributed by atoms with Gasteiger partial charge >= 0.3 is 162 Å². The Balaban J connectivity index is 1.85. The second kappa shape index (κ2) is 10.1. The molecule has 0 aliphatic heterocycles. The summed E-state index contributed by atoms with van der Waals surface area (Å²) < 4.78 is 11.2. The Labute approximate surface area is 162 Å². The molecule has 1 N–H and O–H groups in total. The zero-order chi connectivity index (χ0) is 18.9. The van der Waals surface area contributed by atoms with Gasteiger partial charge in [-0.3, -0.25) is 0 Å². The number of hydrogen-bond acceptors (Lipinski definition) is 5. The van der Waals surface area contributed by atoms with Crippen LogP contribution < -0.4 is 8.93 Å². The van der Waals surface area contributed by atoms with Crippen LogP contribution in [-0.2, 0) is 23.9 Å². The van der Waals surface area contributed by atoms with Crippen molar-refractivity contribution in [3.05, 3.63) is 42.5 Å². The summed E-state index contributed by atoms with van der Waals surface area (Å²) in [4.78, 5) is 35.1. The van der Waals surface area contributed by atoms with Gasteiger partial charge in [0, 0.05) is 0 Å². The third-order valence-electron chi connectivity index (χ3n) is 3.74. The van der Waals surface area contributed by atoms with Crippen molar-refractivity contribution in [1.29, 1.82) is 0 Å². The third kappa shape index (κ3) is 6.01. The zero-order valence-corrected chi connectivity index (χ0v) is 17.0. The number of carbonyl (C=O) groups is 3. The van der Waals surface area contributed by atoms with Gasteiger partial charge in [-0.25, -0.2) is 0 Å². The molecule has 1 atom stereocenters. The first-order valence-electron chi connectivity index (χ1n) is 8.09. The molecule has 0 fully saturated rings. The van der Waals surface area contributed by atoms with Crippen molar-refractivity contribution in [1.82, 2.24) is 5.32 Å². The molecule has 0 aliphatic rings. The maximum absolute atomic E-state index is 12.1. The number of methoxy groups -OCH3 is 2. The first-order chi connectivity index (χ1) is 12.5. The topological polar surface area (TPSA) is 81.7 Å². The summed E-state index contributed by atoms with van der Waals surface area (Å²) in [6.07, 6.45) is 0.0695. The van der Waals surface area contributed by atoms with Crippen LogP contribution in [0.1, 0.15) is 12.8 Å². The molecule has 0 radical (unpaired) electrons. The van der Waals surface area contributed by atoms with Crippen LogP contribution in [0.4, 0.5) is 0 Å². The summed E-state index contributed by atoms with van der Waals surface area (Å²) in [5.74, 6) is -1.50.